The highest BCUT2D eigenvalue weighted by molar-refractivity contribution is 7.85. The van der Waals surface area contributed by atoms with Crippen LogP contribution in [0.3, 0.4) is 0 Å². The molecule has 2 aromatic rings. The van der Waals surface area contributed by atoms with Crippen LogP contribution in [-0.4, -0.2) is 14.9 Å². The van der Waals surface area contributed by atoms with Gasteiger partial charge in [-0.15, -0.1) is 0 Å². The highest BCUT2D eigenvalue weighted by atomic mass is 32.2. The highest BCUT2D eigenvalue weighted by Gasteiger charge is 2.44. The minimum atomic E-state index is -1.64. The molecule has 0 amide bonds. The molecule has 24 heavy (non-hydrogen) atoms. The molecule has 2 rings (SSSR count). The SMILES string of the molecule is Cc1ccc([S@](=O)c2ccccc2[C@H](F)[C@](C)(O)C(C)(C)C)cc1. The van der Waals surface area contributed by atoms with E-state index in [1.54, 1.807) is 57.2 Å². The number of halogens is 1. The maximum absolute atomic E-state index is 15.2. The third kappa shape index (κ3) is 3.60. The van der Waals surface area contributed by atoms with Gasteiger partial charge >= 0.3 is 0 Å². The maximum Gasteiger partial charge on any atom is 0.155 e. The van der Waals surface area contributed by atoms with E-state index in [2.05, 4.69) is 0 Å². The first-order valence-corrected chi connectivity index (χ1v) is 9.14. The molecule has 0 aliphatic carbocycles. The summed E-state index contributed by atoms with van der Waals surface area (Å²) < 4.78 is 28.1. The molecule has 0 saturated carbocycles. The van der Waals surface area contributed by atoms with E-state index in [0.717, 1.165) is 5.56 Å². The fourth-order valence-electron chi connectivity index (χ4n) is 2.33. The van der Waals surface area contributed by atoms with Gasteiger partial charge in [-0.3, -0.25) is 0 Å². The summed E-state index contributed by atoms with van der Waals surface area (Å²) >= 11 is 0. The van der Waals surface area contributed by atoms with E-state index in [4.69, 9.17) is 0 Å². The van der Waals surface area contributed by atoms with Crippen LogP contribution in [0.4, 0.5) is 4.39 Å². The normalized spacial score (nSPS) is 17.1. The second kappa shape index (κ2) is 6.77. The molecule has 0 aliphatic rings. The third-order valence-electron chi connectivity index (χ3n) is 4.64. The molecular formula is C20H25FO2S. The lowest BCUT2D eigenvalue weighted by molar-refractivity contribution is -0.102. The van der Waals surface area contributed by atoms with E-state index in [1.165, 1.54) is 6.92 Å². The molecule has 0 saturated heterocycles. The Morgan fingerprint density at radius 3 is 2.08 bits per heavy atom. The Hall–Kier alpha value is -1.52. The minimum Gasteiger partial charge on any atom is -0.386 e. The van der Waals surface area contributed by atoms with Gasteiger partial charge in [0.1, 0.15) is 5.60 Å². The molecule has 2 nitrogen and oxygen atoms in total. The summed E-state index contributed by atoms with van der Waals surface area (Å²) in [5.74, 6) is 0. The van der Waals surface area contributed by atoms with Gasteiger partial charge in [-0.05, 0) is 37.5 Å². The van der Waals surface area contributed by atoms with Crippen LogP contribution in [0, 0.1) is 12.3 Å². The fourth-order valence-corrected chi connectivity index (χ4v) is 3.56. The van der Waals surface area contributed by atoms with E-state index in [1.807, 2.05) is 19.1 Å². The van der Waals surface area contributed by atoms with Gasteiger partial charge < -0.3 is 5.11 Å². The molecule has 0 unspecified atom stereocenters. The Labute approximate surface area is 146 Å². The third-order valence-corrected chi connectivity index (χ3v) is 6.11. The summed E-state index contributed by atoms with van der Waals surface area (Å²) in [5, 5.41) is 10.7. The molecular weight excluding hydrogens is 323 g/mol. The first-order valence-electron chi connectivity index (χ1n) is 7.99. The van der Waals surface area contributed by atoms with Crippen LogP contribution in [0.2, 0.25) is 0 Å². The van der Waals surface area contributed by atoms with Crippen LogP contribution in [0.25, 0.3) is 0 Å². The Morgan fingerprint density at radius 2 is 1.54 bits per heavy atom. The molecule has 0 heterocycles. The molecule has 4 heteroatoms. The second-order valence-corrected chi connectivity index (χ2v) is 8.83. The Kier molecular flexibility index (Phi) is 5.31. The first kappa shape index (κ1) is 18.8. The van der Waals surface area contributed by atoms with Gasteiger partial charge in [0, 0.05) is 15.4 Å². The lowest BCUT2D eigenvalue weighted by atomic mass is 9.73. The van der Waals surface area contributed by atoms with Crippen molar-refractivity contribution in [3.63, 3.8) is 0 Å². The Balaban J connectivity index is 2.48. The second-order valence-electron chi connectivity index (χ2n) is 7.38. The highest BCUT2D eigenvalue weighted by Crippen LogP contribution is 2.44. The van der Waals surface area contributed by atoms with E-state index in [9.17, 15) is 9.32 Å². The average Bonchev–Trinajstić information content (AvgIpc) is 2.53. The van der Waals surface area contributed by atoms with Crippen molar-refractivity contribution in [2.45, 2.75) is 56.2 Å². The van der Waals surface area contributed by atoms with Crippen LogP contribution in [0.5, 0.6) is 0 Å². The summed E-state index contributed by atoms with van der Waals surface area (Å²) in [6.45, 7) is 8.82. The summed E-state index contributed by atoms with van der Waals surface area (Å²) in [7, 11) is -1.50. The molecule has 0 radical (unpaired) electrons. The van der Waals surface area contributed by atoms with E-state index < -0.39 is 28.0 Å². The molecule has 2 aromatic carbocycles. The molecule has 0 aliphatic heterocycles. The summed E-state index contributed by atoms with van der Waals surface area (Å²) in [5.41, 5.74) is -0.898. The predicted octanol–water partition coefficient (Wildman–Crippen LogP) is 4.97. The Morgan fingerprint density at radius 1 is 1.00 bits per heavy atom. The summed E-state index contributed by atoms with van der Waals surface area (Å²) in [6, 6.07) is 14.1. The van der Waals surface area contributed by atoms with Crippen molar-refractivity contribution in [3.8, 4) is 0 Å². The van der Waals surface area contributed by atoms with E-state index in [-0.39, 0.29) is 5.56 Å². The van der Waals surface area contributed by atoms with Crippen LogP contribution < -0.4 is 0 Å². The monoisotopic (exact) mass is 348 g/mol. The van der Waals surface area contributed by atoms with Crippen molar-refractivity contribution in [1.82, 2.24) is 0 Å². The smallest absolute Gasteiger partial charge is 0.155 e. The zero-order valence-electron chi connectivity index (χ0n) is 14.8. The van der Waals surface area contributed by atoms with Crippen molar-refractivity contribution >= 4 is 10.8 Å². The van der Waals surface area contributed by atoms with Crippen LogP contribution >= 0.6 is 0 Å². The van der Waals surface area contributed by atoms with Crippen molar-refractivity contribution in [3.05, 3.63) is 59.7 Å². The number of hydrogen-bond acceptors (Lipinski definition) is 2. The number of alkyl halides is 1. The summed E-state index contributed by atoms with van der Waals surface area (Å²) in [6.07, 6.45) is -1.64. The minimum absolute atomic E-state index is 0.274. The number of aryl methyl sites for hydroxylation is 1. The van der Waals surface area contributed by atoms with Crippen LogP contribution in [-0.2, 0) is 10.8 Å². The predicted molar refractivity (Wildman–Crippen MR) is 96.2 cm³/mol. The average molecular weight is 348 g/mol. The maximum atomic E-state index is 15.2. The van der Waals surface area contributed by atoms with Gasteiger partial charge in [-0.1, -0.05) is 56.7 Å². The topological polar surface area (TPSA) is 37.3 Å². The van der Waals surface area contributed by atoms with Gasteiger partial charge in [0.25, 0.3) is 0 Å². The molecule has 130 valence electrons. The molecule has 1 N–H and O–H groups in total. The van der Waals surface area contributed by atoms with Gasteiger partial charge in [0.15, 0.2) is 6.17 Å². The van der Waals surface area contributed by atoms with Gasteiger partial charge in [-0.2, -0.15) is 0 Å². The Bertz CT molecular complexity index is 730. The molecule has 0 spiro atoms. The number of rotatable bonds is 4. The van der Waals surface area contributed by atoms with Gasteiger partial charge in [0.2, 0.25) is 0 Å². The largest absolute Gasteiger partial charge is 0.386 e. The quantitative estimate of drug-likeness (QED) is 0.847. The molecule has 0 aromatic heterocycles. The van der Waals surface area contributed by atoms with Crippen molar-refractivity contribution in [1.29, 1.82) is 0 Å². The van der Waals surface area contributed by atoms with Crippen molar-refractivity contribution in [2.75, 3.05) is 0 Å². The zero-order chi connectivity index (χ0) is 18.1. The van der Waals surface area contributed by atoms with Crippen molar-refractivity contribution < 1.29 is 13.7 Å². The zero-order valence-corrected chi connectivity index (χ0v) is 15.7. The first-order chi connectivity index (χ1) is 11.1. The van der Waals surface area contributed by atoms with Crippen molar-refractivity contribution in [2.24, 2.45) is 5.41 Å². The summed E-state index contributed by atoms with van der Waals surface area (Å²) in [4.78, 5) is 1.02. The standard InChI is InChI=1S/C20H25FO2S/c1-14-10-12-15(13-11-14)24(23)17-9-7-6-8-16(17)18(21)20(5,22)19(2,3)4/h6-13,18,22H,1-5H3/t18-,20-,24-/m0/s1. The van der Waals surface area contributed by atoms with Crippen LogP contribution in [0.15, 0.2) is 58.3 Å². The fraction of sp³-hybridized carbons (Fsp3) is 0.400. The lowest BCUT2D eigenvalue weighted by Crippen LogP contribution is -2.44. The molecule has 0 fully saturated rings. The van der Waals surface area contributed by atoms with Gasteiger partial charge in [0.05, 0.1) is 10.8 Å². The molecule has 0 bridgehead atoms. The number of benzene rings is 2. The number of aliphatic hydroxyl groups is 1. The van der Waals surface area contributed by atoms with Gasteiger partial charge in [-0.25, -0.2) is 8.60 Å². The van der Waals surface area contributed by atoms with E-state index >= 15 is 4.39 Å². The van der Waals surface area contributed by atoms with E-state index in [0.29, 0.717) is 9.79 Å². The number of hydrogen-bond donors (Lipinski definition) is 1. The lowest BCUT2D eigenvalue weighted by Gasteiger charge is -2.40. The van der Waals surface area contributed by atoms with Crippen LogP contribution in [0.1, 0.15) is 45.0 Å². The molecule has 3 atom stereocenters.